The van der Waals surface area contributed by atoms with E-state index in [1.54, 1.807) is 0 Å². The Bertz CT molecular complexity index is 748. The topological polar surface area (TPSA) is 58.2 Å². The second-order valence-corrected chi connectivity index (χ2v) is 11.1. The first-order valence-electron chi connectivity index (χ1n) is 10.1. The van der Waals surface area contributed by atoms with Crippen LogP contribution in [0.2, 0.25) is 0 Å². The van der Waals surface area contributed by atoms with Crippen LogP contribution in [0.15, 0.2) is 24.3 Å². The minimum Gasteiger partial charge on any atom is -0.350 e. The summed E-state index contributed by atoms with van der Waals surface area (Å²) >= 11 is 4.03. The summed E-state index contributed by atoms with van der Waals surface area (Å²) in [5, 5.41) is 6.00. The molecule has 0 aromatic heterocycles. The Morgan fingerprint density at radius 3 is 2.56 bits per heavy atom. The number of carbonyl (C=O) groups is 2. The highest BCUT2D eigenvalue weighted by Crippen LogP contribution is 2.65. The molecule has 4 saturated carbocycles. The van der Waals surface area contributed by atoms with E-state index >= 15 is 0 Å². The summed E-state index contributed by atoms with van der Waals surface area (Å²) in [7, 11) is 0. The number of nitrogens with one attached hydrogen (secondary N) is 2. The molecule has 2 N–H and O–H groups in total. The highest BCUT2D eigenvalue weighted by atomic mass is 79.9. The molecule has 4 aliphatic rings. The third-order valence-corrected chi connectivity index (χ3v) is 7.66. The van der Waals surface area contributed by atoms with Crippen molar-refractivity contribution in [1.29, 1.82) is 0 Å². The molecule has 1 aromatic rings. The van der Waals surface area contributed by atoms with E-state index in [0.717, 1.165) is 29.5 Å². The average molecular weight is 433 g/mol. The van der Waals surface area contributed by atoms with E-state index < -0.39 is 0 Å². The number of hydrogen-bond donors (Lipinski definition) is 2. The van der Waals surface area contributed by atoms with Gasteiger partial charge in [-0.05, 0) is 80.4 Å². The lowest BCUT2D eigenvalue weighted by molar-refractivity contribution is -0.128. The summed E-state index contributed by atoms with van der Waals surface area (Å²) in [5.41, 5.74) is 1.97. The Hall–Kier alpha value is -1.36. The second kappa shape index (κ2) is 6.91. The molecule has 0 radical (unpaired) electrons. The Morgan fingerprint density at radius 2 is 1.93 bits per heavy atom. The fraction of sp³-hybridized carbons (Fsp3) is 0.636. The first kappa shape index (κ1) is 19.0. The summed E-state index contributed by atoms with van der Waals surface area (Å²) in [4.78, 5) is 24.1. The van der Waals surface area contributed by atoms with Gasteiger partial charge in [0.05, 0.1) is 6.04 Å². The van der Waals surface area contributed by atoms with Gasteiger partial charge in [0.2, 0.25) is 11.8 Å². The zero-order valence-corrected chi connectivity index (χ0v) is 17.8. The number of benzene rings is 1. The molecule has 4 bridgehead atoms. The fourth-order valence-corrected chi connectivity index (χ4v) is 7.86. The number of halogens is 1. The van der Waals surface area contributed by atoms with Gasteiger partial charge in [0, 0.05) is 23.4 Å². The maximum absolute atomic E-state index is 12.9. The number of amides is 2. The van der Waals surface area contributed by atoms with Gasteiger partial charge in [0.1, 0.15) is 0 Å². The second-order valence-electron chi connectivity index (χ2n) is 9.38. The van der Waals surface area contributed by atoms with Crippen molar-refractivity contribution in [2.75, 3.05) is 5.32 Å². The van der Waals surface area contributed by atoms with Crippen molar-refractivity contribution in [3.05, 3.63) is 29.8 Å². The normalized spacial score (nSPS) is 34.9. The summed E-state index contributed by atoms with van der Waals surface area (Å²) in [5.74, 6) is 1.66. The smallest absolute Gasteiger partial charge is 0.221 e. The van der Waals surface area contributed by atoms with Crippen LogP contribution >= 0.6 is 15.9 Å². The molecule has 1 aromatic carbocycles. The van der Waals surface area contributed by atoms with Crippen LogP contribution in [0.5, 0.6) is 0 Å². The van der Waals surface area contributed by atoms with Gasteiger partial charge in [-0.15, -0.1) is 0 Å². The molecule has 0 aliphatic heterocycles. The minimum absolute atomic E-state index is 0.0712. The van der Waals surface area contributed by atoms with Crippen molar-refractivity contribution in [3.8, 4) is 0 Å². The lowest BCUT2D eigenvalue weighted by atomic mass is 9.48. The summed E-state index contributed by atoms with van der Waals surface area (Å²) in [6, 6.07) is 7.64. The number of rotatable bonds is 5. The van der Waals surface area contributed by atoms with Crippen LogP contribution in [-0.4, -0.2) is 16.1 Å². The summed E-state index contributed by atoms with van der Waals surface area (Å²) in [6.45, 7) is 3.51. The van der Waals surface area contributed by atoms with Gasteiger partial charge in [0.15, 0.2) is 0 Å². The van der Waals surface area contributed by atoms with Crippen molar-refractivity contribution in [2.24, 2.45) is 17.3 Å². The van der Waals surface area contributed by atoms with Crippen molar-refractivity contribution in [2.45, 2.75) is 69.2 Å². The molecule has 27 heavy (non-hydrogen) atoms. The summed E-state index contributed by atoms with van der Waals surface area (Å²) < 4.78 is 0.287. The molecule has 3 unspecified atom stereocenters. The molecule has 5 heteroatoms. The maximum Gasteiger partial charge on any atom is 0.221 e. The van der Waals surface area contributed by atoms with E-state index in [-0.39, 0.29) is 27.6 Å². The van der Waals surface area contributed by atoms with E-state index in [9.17, 15) is 9.59 Å². The Kier molecular flexibility index (Phi) is 4.86. The molecular weight excluding hydrogens is 404 g/mol. The van der Waals surface area contributed by atoms with Crippen LogP contribution in [0.3, 0.4) is 0 Å². The number of anilines is 1. The first-order chi connectivity index (χ1) is 12.7. The lowest BCUT2D eigenvalue weighted by Crippen LogP contribution is -2.54. The number of hydrogen-bond acceptors (Lipinski definition) is 2. The van der Waals surface area contributed by atoms with E-state index in [1.165, 1.54) is 39.0 Å². The molecule has 4 nitrogen and oxygen atoms in total. The molecule has 4 aliphatic carbocycles. The quantitative estimate of drug-likeness (QED) is 0.646. The predicted molar refractivity (Wildman–Crippen MR) is 111 cm³/mol. The largest absolute Gasteiger partial charge is 0.350 e. The van der Waals surface area contributed by atoms with Crippen LogP contribution in [-0.2, 0) is 9.59 Å². The zero-order chi connectivity index (χ0) is 19.2. The van der Waals surface area contributed by atoms with E-state index in [4.69, 9.17) is 0 Å². The molecule has 4 fully saturated rings. The third-order valence-electron chi connectivity index (χ3n) is 6.73. The lowest BCUT2D eigenvalue weighted by Gasteiger charge is -2.60. The average Bonchev–Trinajstić information content (AvgIpc) is 2.51. The van der Waals surface area contributed by atoms with Gasteiger partial charge in [-0.2, -0.15) is 0 Å². The summed E-state index contributed by atoms with van der Waals surface area (Å²) in [6.07, 6.45) is 8.17. The van der Waals surface area contributed by atoms with E-state index in [1.807, 2.05) is 31.2 Å². The highest BCUT2D eigenvalue weighted by molar-refractivity contribution is 9.10. The van der Waals surface area contributed by atoms with Gasteiger partial charge in [0.25, 0.3) is 0 Å². The highest BCUT2D eigenvalue weighted by Gasteiger charge is 2.57. The van der Waals surface area contributed by atoms with Crippen molar-refractivity contribution in [3.63, 3.8) is 0 Å². The number of carbonyl (C=O) groups excluding carboxylic acids is 2. The Labute approximate surface area is 170 Å². The van der Waals surface area contributed by atoms with E-state index in [0.29, 0.717) is 6.42 Å². The SMILES string of the molecule is CC(=O)Nc1cccc(C(C)NC(=O)CC23CC4CC(CC(Br)(C4)C2)C3)c1. The maximum atomic E-state index is 12.9. The van der Waals surface area contributed by atoms with Crippen molar-refractivity contribution in [1.82, 2.24) is 5.32 Å². The minimum atomic E-state index is -0.0886. The molecular formula is C22H29BrN2O2. The Morgan fingerprint density at radius 1 is 1.22 bits per heavy atom. The van der Waals surface area contributed by atoms with Gasteiger partial charge in [-0.25, -0.2) is 0 Å². The van der Waals surface area contributed by atoms with Gasteiger partial charge >= 0.3 is 0 Å². The standard InChI is InChI=1S/C22H29BrN2O2/c1-14(18-4-3-5-19(7-18)25-15(2)26)24-20(27)12-21-8-16-6-17(9-21)11-22(23,10-16)13-21/h3-5,7,14,16-17H,6,8-13H2,1-2H3,(H,24,27)(H,25,26). The van der Waals surface area contributed by atoms with Crippen molar-refractivity contribution < 1.29 is 9.59 Å². The van der Waals surface area contributed by atoms with Crippen LogP contribution in [0.4, 0.5) is 5.69 Å². The fourth-order valence-electron chi connectivity index (χ4n) is 6.35. The molecule has 146 valence electrons. The Balaban J connectivity index is 1.40. The van der Waals surface area contributed by atoms with Crippen LogP contribution in [0, 0.1) is 17.3 Å². The van der Waals surface area contributed by atoms with Crippen molar-refractivity contribution >= 4 is 33.4 Å². The van der Waals surface area contributed by atoms with E-state index in [2.05, 4.69) is 26.6 Å². The predicted octanol–water partition coefficient (Wildman–Crippen LogP) is 4.95. The molecule has 2 amide bonds. The number of alkyl halides is 1. The van der Waals surface area contributed by atoms with Gasteiger partial charge in [-0.3, -0.25) is 9.59 Å². The molecule has 0 saturated heterocycles. The molecule has 3 atom stereocenters. The molecule has 5 rings (SSSR count). The first-order valence-corrected chi connectivity index (χ1v) is 10.9. The van der Waals surface area contributed by atoms with Gasteiger partial charge < -0.3 is 10.6 Å². The van der Waals surface area contributed by atoms with Crippen LogP contribution in [0.25, 0.3) is 0 Å². The van der Waals surface area contributed by atoms with Crippen LogP contribution < -0.4 is 10.6 Å². The monoisotopic (exact) mass is 432 g/mol. The molecule has 0 heterocycles. The zero-order valence-electron chi connectivity index (χ0n) is 16.2. The van der Waals surface area contributed by atoms with Gasteiger partial charge in [-0.1, -0.05) is 28.1 Å². The van der Waals surface area contributed by atoms with Crippen LogP contribution in [0.1, 0.15) is 70.4 Å². The third kappa shape index (κ3) is 4.08. The molecule has 0 spiro atoms.